The normalized spacial score (nSPS) is 20.1. The number of rotatable bonds is 12. The monoisotopic (exact) mass is 643 g/mol. The van der Waals surface area contributed by atoms with Crippen molar-refractivity contribution in [1.29, 1.82) is 0 Å². The fourth-order valence-corrected chi connectivity index (χ4v) is 6.69. The van der Waals surface area contributed by atoms with E-state index in [-0.39, 0.29) is 25.2 Å². The second-order valence-corrected chi connectivity index (χ2v) is 13.8. The van der Waals surface area contributed by atoms with E-state index < -0.39 is 35.5 Å². The Labute approximate surface area is 278 Å². The molecule has 2 aliphatic rings. The van der Waals surface area contributed by atoms with Crippen LogP contribution in [0.2, 0.25) is 0 Å². The first kappa shape index (κ1) is 34.6. The molecule has 3 N–H and O–H groups in total. The minimum Gasteiger partial charge on any atom is -0.444 e. The lowest BCUT2D eigenvalue weighted by Crippen LogP contribution is -2.56. The summed E-state index contributed by atoms with van der Waals surface area (Å²) in [5.41, 5.74) is 1.57. The minimum atomic E-state index is -1.51. The second-order valence-electron chi connectivity index (χ2n) is 13.8. The van der Waals surface area contributed by atoms with Crippen LogP contribution in [0.1, 0.15) is 61.9 Å². The highest BCUT2D eigenvalue weighted by molar-refractivity contribution is 5.77. The van der Waals surface area contributed by atoms with Crippen LogP contribution in [0.5, 0.6) is 0 Å². The van der Waals surface area contributed by atoms with Gasteiger partial charge >= 0.3 is 6.09 Å². The molecule has 3 aromatic carbocycles. The van der Waals surface area contributed by atoms with Gasteiger partial charge in [-0.05, 0) is 55.9 Å². The summed E-state index contributed by atoms with van der Waals surface area (Å²) < 4.78 is 11.2. The maximum Gasteiger partial charge on any atom is 0.407 e. The molecule has 5 rings (SSSR count). The van der Waals surface area contributed by atoms with Gasteiger partial charge in [-0.25, -0.2) is 4.79 Å². The van der Waals surface area contributed by atoms with Crippen LogP contribution in [0.4, 0.5) is 4.79 Å². The van der Waals surface area contributed by atoms with Crippen molar-refractivity contribution in [3.8, 4) is 0 Å². The van der Waals surface area contributed by atoms with E-state index in [1.165, 1.54) is 0 Å². The highest BCUT2D eigenvalue weighted by Crippen LogP contribution is 2.37. The molecule has 47 heavy (non-hydrogen) atoms. The fraction of sp³-hybridized carbons (Fsp3) is 0.474. The molecule has 1 aliphatic carbocycles. The number of fused-ring (bicyclic) bond motifs is 1. The molecule has 1 saturated heterocycles. The molecule has 0 spiro atoms. The molecular formula is C38H49N3O6. The third kappa shape index (κ3) is 9.41. The van der Waals surface area contributed by atoms with Gasteiger partial charge in [0.2, 0.25) is 5.91 Å². The number of aliphatic hydroxyl groups is 2. The third-order valence-electron chi connectivity index (χ3n) is 9.03. The molecule has 0 unspecified atom stereocenters. The third-order valence-corrected chi connectivity index (χ3v) is 9.03. The lowest BCUT2D eigenvalue weighted by atomic mass is 9.80. The van der Waals surface area contributed by atoms with Crippen molar-refractivity contribution in [3.05, 3.63) is 107 Å². The number of aliphatic hydroxyl groups excluding tert-OH is 1. The number of hydrogen-bond donors (Lipinski definition) is 3. The zero-order valence-electron chi connectivity index (χ0n) is 27.8. The van der Waals surface area contributed by atoms with Crippen LogP contribution in [0, 0.1) is 0 Å². The van der Waals surface area contributed by atoms with Gasteiger partial charge in [0.05, 0.1) is 43.7 Å². The standard InChI is InChI=1S/C38H49N3O6/c1-37(2,3)47-36(44)39-33(24-28-12-6-4-7-13-28)38(45,26-29-14-8-5-9-15-29)19-18-34(43)41(27-40-20-22-46-23-21-40)35-31-17-11-10-16-30(31)25-32(35)42/h4-17,32-33,35,42,45H,18-27H2,1-3H3,(H,39,44)/t32-,33-,35+,38-/m0/s1. The number of alkyl carbamates (subject to hydrolysis) is 1. The van der Waals surface area contributed by atoms with Crippen molar-refractivity contribution in [2.75, 3.05) is 33.0 Å². The van der Waals surface area contributed by atoms with Crippen LogP contribution < -0.4 is 5.32 Å². The van der Waals surface area contributed by atoms with Gasteiger partial charge in [0, 0.05) is 32.4 Å². The zero-order chi connectivity index (χ0) is 33.4. The van der Waals surface area contributed by atoms with Gasteiger partial charge in [0.15, 0.2) is 0 Å². The quantitative estimate of drug-likeness (QED) is 0.264. The average Bonchev–Trinajstić information content (AvgIpc) is 3.38. The van der Waals surface area contributed by atoms with Crippen LogP contribution in [0.15, 0.2) is 84.9 Å². The van der Waals surface area contributed by atoms with Crippen LogP contribution in [0.3, 0.4) is 0 Å². The first-order chi connectivity index (χ1) is 22.5. The summed E-state index contributed by atoms with van der Waals surface area (Å²) in [5.74, 6) is -0.167. The lowest BCUT2D eigenvalue weighted by Gasteiger charge is -2.40. The SMILES string of the molecule is CC(C)(C)OC(=O)N[C@@H](Cc1ccccc1)[C@](O)(CCC(=O)N(CN1CCOCC1)[C@@H]1c2ccccc2C[C@@H]1O)Cc1ccccc1. The highest BCUT2D eigenvalue weighted by Gasteiger charge is 2.42. The molecule has 2 amide bonds. The summed E-state index contributed by atoms with van der Waals surface area (Å²) in [5, 5.41) is 26.9. The van der Waals surface area contributed by atoms with E-state index in [1.54, 1.807) is 25.7 Å². The number of benzene rings is 3. The summed E-state index contributed by atoms with van der Waals surface area (Å²) >= 11 is 0. The Morgan fingerprint density at radius 3 is 2.23 bits per heavy atom. The van der Waals surface area contributed by atoms with Gasteiger partial charge in [-0.2, -0.15) is 0 Å². The molecule has 0 radical (unpaired) electrons. The Bertz CT molecular complexity index is 1460. The van der Waals surface area contributed by atoms with Gasteiger partial charge < -0.3 is 29.9 Å². The minimum absolute atomic E-state index is 0.0142. The van der Waals surface area contributed by atoms with Crippen molar-refractivity contribution in [2.45, 2.75) is 82.3 Å². The number of carbonyl (C=O) groups excluding carboxylic acids is 2. The average molecular weight is 644 g/mol. The summed E-state index contributed by atoms with van der Waals surface area (Å²) in [6.07, 6.45) is -0.240. The Morgan fingerprint density at radius 1 is 0.957 bits per heavy atom. The number of nitrogens with one attached hydrogen (secondary N) is 1. The van der Waals surface area contributed by atoms with Crippen LogP contribution >= 0.6 is 0 Å². The van der Waals surface area contributed by atoms with E-state index >= 15 is 0 Å². The maximum atomic E-state index is 14.4. The predicted molar refractivity (Wildman–Crippen MR) is 181 cm³/mol. The van der Waals surface area contributed by atoms with E-state index in [2.05, 4.69) is 10.2 Å². The van der Waals surface area contributed by atoms with Gasteiger partial charge in [0.25, 0.3) is 0 Å². The predicted octanol–water partition coefficient (Wildman–Crippen LogP) is 4.65. The smallest absolute Gasteiger partial charge is 0.407 e. The molecule has 0 aromatic heterocycles. The lowest BCUT2D eigenvalue weighted by molar-refractivity contribution is -0.142. The number of hydrogen-bond acceptors (Lipinski definition) is 7. The molecule has 3 aromatic rings. The number of nitrogens with zero attached hydrogens (tertiary/aromatic N) is 2. The molecule has 1 heterocycles. The summed E-state index contributed by atoms with van der Waals surface area (Å²) in [4.78, 5) is 31.5. The molecule has 0 bridgehead atoms. The van der Waals surface area contributed by atoms with Crippen molar-refractivity contribution in [1.82, 2.24) is 15.1 Å². The summed E-state index contributed by atoms with van der Waals surface area (Å²) in [6, 6.07) is 25.9. The Kier molecular flexibility index (Phi) is 11.3. The molecule has 9 heteroatoms. The number of amides is 2. The van der Waals surface area contributed by atoms with Gasteiger partial charge in [-0.3, -0.25) is 9.69 Å². The first-order valence-corrected chi connectivity index (χ1v) is 16.7. The zero-order valence-corrected chi connectivity index (χ0v) is 27.8. The van der Waals surface area contributed by atoms with E-state index in [0.29, 0.717) is 45.8 Å². The summed E-state index contributed by atoms with van der Waals surface area (Å²) in [6.45, 7) is 8.28. The van der Waals surface area contributed by atoms with Crippen LogP contribution in [0.25, 0.3) is 0 Å². The Hall–Kier alpha value is -3.76. The van der Waals surface area contributed by atoms with E-state index in [9.17, 15) is 19.8 Å². The van der Waals surface area contributed by atoms with Crippen molar-refractivity contribution in [2.24, 2.45) is 0 Å². The summed E-state index contributed by atoms with van der Waals surface area (Å²) in [7, 11) is 0. The Balaban J connectivity index is 1.45. The van der Waals surface area contributed by atoms with E-state index in [4.69, 9.17) is 9.47 Å². The fourth-order valence-electron chi connectivity index (χ4n) is 6.69. The largest absolute Gasteiger partial charge is 0.444 e. The van der Waals surface area contributed by atoms with Gasteiger partial charge in [-0.15, -0.1) is 0 Å². The molecular weight excluding hydrogens is 594 g/mol. The first-order valence-electron chi connectivity index (χ1n) is 16.7. The van der Waals surface area contributed by atoms with Crippen LogP contribution in [-0.4, -0.2) is 88.3 Å². The van der Waals surface area contributed by atoms with Gasteiger partial charge in [-0.1, -0.05) is 84.9 Å². The second kappa shape index (κ2) is 15.4. The topological polar surface area (TPSA) is 112 Å². The number of ether oxygens (including phenoxy) is 2. The van der Waals surface area contributed by atoms with Crippen molar-refractivity contribution < 1.29 is 29.3 Å². The van der Waals surface area contributed by atoms with Gasteiger partial charge in [0.1, 0.15) is 5.60 Å². The molecule has 0 saturated carbocycles. The van der Waals surface area contributed by atoms with Crippen molar-refractivity contribution in [3.63, 3.8) is 0 Å². The molecule has 4 atom stereocenters. The van der Waals surface area contributed by atoms with E-state index in [1.807, 2.05) is 84.9 Å². The van der Waals surface area contributed by atoms with Crippen LogP contribution in [-0.2, 0) is 33.5 Å². The molecule has 252 valence electrons. The molecule has 1 fully saturated rings. The molecule has 1 aliphatic heterocycles. The number of morpholine rings is 1. The van der Waals surface area contributed by atoms with E-state index in [0.717, 1.165) is 22.3 Å². The highest BCUT2D eigenvalue weighted by atomic mass is 16.6. The van der Waals surface area contributed by atoms with Crippen molar-refractivity contribution >= 4 is 12.0 Å². The molecule has 9 nitrogen and oxygen atoms in total. The number of carbonyl (C=O) groups is 2. The Morgan fingerprint density at radius 2 is 1.57 bits per heavy atom. The maximum absolute atomic E-state index is 14.4.